The van der Waals surface area contributed by atoms with Crippen LogP contribution >= 0.6 is 23.5 Å². The number of hydrogen-bond donors (Lipinski definition) is 0. The molecule has 0 fully saturated rings. The number of esters is 2. The van der Waals surface area contributed by atoms with Crippen LogP contribution in [-0.2, 0) is 42.6 Å². The third kappa shape index (κ3) is 15.2. The number of nitrogens with zero attached hydrogens (tertiary/aromatic N) is 2. The second kappa shape index (κ2) is 17.5. The highest BCUT2D eigenvalue weighted by Gasteiger charge is 2.34. The second-order valence-corrected chi connectivity index (χ2v) is 12.8. The van der Waals surface area contributed by atoms with Crippen molar-refractivity contribution in [3.8, 4) is 0 Å². The molecule has 0 radical (unpaired) electrons. The minimum Gasteiger partial charge on any atom is -0.759 e. The van der Waals surface area contributed by atoms with Crippen LogP contribution in [0.3, 0.4) is 0 Å². The number of rotatable bonds is 10. The van der Waals surface area contributed by atoms with Gasteiger partial charge in [0, 0.05) is 34.7 Å². The van der Waals surface area contributed by atoms with E-state index in [4.69, 9.17) is 27.0 Å². The predicted molar refractivity (Wildman–Crippen MR) is 148 cm³/mol. The second-order valence-electron chi connectivity index (χ2n) is 8.72. The molecule has 0 saturated heterocycles. The van der Waals surface area contributed by atoms with E-state index in [0.29, 0.717) is 13.2 Å². The molecule has 2 heterocycles. The lowest BCUT2D eigenvalue weighted by molar-refractivity contribution is -0.729. The van der Waals surface area contributed by atoms with Crippen LogP contribution in [0.15, 0.2) is 58.8 Å². The maximum atomic E-state index is 11.8. The fourth-order valence-electron chi connectivity index (χ4n) is 2.85. The third-order valence-corrected chi connectivity index (χ3v) is 7.25. The molecule has 0 amide bonds. The molecule has 0 unspecified atom stereocenters. The lowest BCUT2D eigenvalue weighted by atomic mass is 10.2. The molecule has 0 atom stereocenters. The van der Waals surface area contributed by atoms with E-state index in [-0.39, 0.29) is 11.9 Å². The summed E-state index contributed by atoms with van der Waals surface area (Å²) in [6.07, 6.45) is 4.03. The zero-order chi connectivity index (χ0) is 30.3. The molecule has 13 heteroatoms. The molecule has 0 bridgehead atoms. The summed E-state index contributed by atoms with van der Waals surface area (Å²) in [5.41, 5.74) is 0. The Hall–Kier alpha value is -2.19. The summed E-state index contributed by atoms with van der Waals surface area (Å²) < 4.78 is 47.4. The highest BCUT2D eigenvalue weighted by molar-refractivity contribution is 8.01. The molecule has 0 spiro atoms. The largest absolute Gasteiger partial charge is 0.759 e. The van der Waals surface area contributed by atoms with Gasteiger partial charge in [0.15, 0.2) is 12.4 Å². The Morgan fingerprint density at radius 2 is 1.05 bits per heavy atom. The first-order chi connectivity index (χ1) is 18.0. The maximum Gasteiger partial charge on any atom is 0.322 e. The van der Waals surface area contributed by atoms with Crippen LogP contribution in [0.5, 0.6) is 0 Å². The number of aryl methyl sites for hydroxylation is 2. The molecule has 2 rings (SSSR count). The topological polar surface area (TPSA) is 141 Å². The molecule has 0 saturated carbocycles. The third-order valence-electron chi connectivity index (χ3n) is 4.73. The zero-order valence-electron chi connectivity index (χ0n) is 23.8. The van der Waals surface area contributed by atoms with Crippen LogP contribution in [0.4, 0.5) is 0 Å². The molecule has 0 aliphatic heterocycles. The number of hydrogen-bond acceptors (Lipinski definition) is 10. The smallest absolute Gasteiger partial charge is 0.322 e. The molecule has 0 aliphatic carbocycles. The fourth-order valence-corrected chi connectivity index (χ4v) is 5.08. The average molecular weight is 605 g/mol. The Bertz CT molecular complexity index is 1070. The van der Waals surface area contributed by atoms with Crippen molar-refractivity contribution >= 4 is 45.9 Å². The lowest BCUT2D eigenvalue weighted by Gasteiger charge is -2.19. The van der Waals surface area contributed by atoms with E-state index in [9.17, 15) is 9.59 Å². The first-order valence-electron chi connectivity index (χ1n) is 12.4. The zero-order valence-corrected chi connectivity index (χ0v) is 26.3. The van der Waals surface area contributed by atoms with E-state index in [1.807, 2.05) is 90.3 Å². The molecule has 39 heavy (non-hydrogen) atoms. The summed E-state index contributed by atoms with van der Waals surface area (Å²) >= 11 is 3.07. The molecule has 220 valence electrons. The monoisotopic (exact) mass is 604 g/mol. The fraction of sp³-hybridized carbons (Fsp3) is 0.538. The number of ether oxygens (including phenoxy) is 2. The van der Waals surface area contributed by atoms with Crippen molar-refractivity contribution in [3.05, 3.63) is 48.8 Å². The first kappa shape index (κ1) is 36.8. The van der Waals surface area contributed by atoms with Crippen molar-refractivity contribution in [2.75, 3.05) is 13.2 Å². The highest BCUT2D eigenvalue weighted by Crippen LogP contribution is 2.32. The van der Waals surface area contributed by atoms with Gasteiger partial charge in [0.1, 0.15) is 22.6 Å². The number of carbonyl (C=O) groups is 2. The standard InChI is InChI=1S/2C13H20NO2S.H2O4S/c2*1-5-14-10-8-7-9-11(14)17-13(3,4)12(15)16-6-2;1-5(2,3)4/h2*7-10H,5-6H2,1-4H3;(H2,1,2,3,4)/q2*+1;/p-2. The van der Waals surface area contributed by atoms with E-state index in [1.54, 1.807) is 0 Å². The van der Waals surface area contributed by atoms with Crippen LogP contribution < -0.4 is 9.13 Å². The van der Waals surface area contributed by atoms with Crippen molar-refractivity contribution in [2.24, 2.45) is 0 Å². The molecule has 10 nitrogen and oxygen atoms in total. The Kier molecular flexibility index (Phi) is 16.5. The lowest BCUT2D eigenvalue weighted by Crippen LogP contribution is -2.38. The van der Waals surface area contributed by atoms with Crippen molar-refractivity contribution in [1.82, 2.24) is 0 Å². The van der Waals surface area contributed by atoms with Crippen molar-refractivity contribution in [3.63, 3.8) is 0 Å². The molecular formula is C26H40N2O8S3. The van der Waals surface area contributed by atoms with Gasteiger partial charge >= 0.3 is 11.9 Å². The van der Waals surface area contributed by atoms with Gasteiger partial charge in [-0.1, -0.05) is 0 Å². The summed E-state index contributed by atoms with van der Waals surface area (Å²) in [4.78, 5) is 23.6. The molecule has 0 aliphatic rings. The van der Waals surface area contributed by atoms with Gasteiger partial charge in [0.25, 0.3) is 0 Å². The number of pyridine rings is 2. The molecule has 0 aromatic carbocycles. The van der Waals surface area contributed by atoms with Gasteiger partial charge in [-0.2, -0.15) is 9.13 Å². The van der Waals surface area contributed by atoms with Crippen molar-refractivity contribution < 1.29 is 45.7 Å². The molecule has 0 N–H and O–H groups in total. The maximum absolute atomic E-state index is 11.8. The van der Waals surface area contributed by atoms with E-state index in [2.05, 4.69) is 23.0 Å². The highest BCUT2D eigenvalue weighted by atomic mass is 32.3. The normalized spacial score (nSPS) is 11.3. The number of carbonyl (C=O) groups excluding carboxylic acids is 2. The van der Waals surface area contributed by atoms with E-state index in [1.165, 1.54) is 23.5 Å². The summed E-state index contributed by atoms with van der Waals surface area (Å²) in [5, 5.41) is 2.15. The van der Waals surface area contributed by atoms with Crippen LogP contribution in [0.1, 0.15) is 55.4 Å². The Labute approximate surface area is 241 Å². The quantitative estimate of drug-likeness (QED) is 0.130. The first-order valence-corrected chi connectivity index (χ1v) is 15.3. The number of thioether (sulfide) groups is 2. The molecule has 2 aromatic rings. The van der Waals surface area contributed by atoms with Crippen LogP contribution in [0.2, 0.25) is 0 Å². The molecule has 2 aromatic heterocycles. The van der Waals surface area contributed by atoms with Gasteiger partial charge in [-0.25, -0.2) is 0 Å². The van der Waals surface area contributed by atoms with Crippen LogP contribution in [-0.4, -0.2) is 52.2 Å². The van der Waals surface area contributed by atoms with E-state index < -0.39 is 19.9 Å². The minimum atomic E-state index is -5.17. The van der Waals surface area contributed by atoms with Gasteiger partial charge < -0.3 is 18.6 Å². The van der Waals surface area contributed by atoms with Crippen LogP contribution in [0.25, 0.3) is 0 Å². The van der Waals surface area contributed by atoms with Crippen molar-refractivity contribution in [2.45, 2.75) is 88.0 Å². The molecular weight excluding hydrogens is 564 g/mol. The minimum absolute atomic E-state index is 0.170. The Morgan fingerprint density at radius 1 is 0.744 bits per heavy atom. The summed E-state index contributed by atoms with van der Waals surface area (Å²) in [7, 11) is -5.17. The van der Waals surface area contributed by atoms with Gasteiger partial charge in [-0.3, -0.25) is 18.0 Å². The summed E-state index contributed by atoms with van der Waals surface area (Å²) in [5.74, 6) is -0.340. The predicted octanol–water partition coefficient (Wildman–Crippen LogP) is 3.52. The Balaban J connectivity index is 0.000000632. The summed E-state index contributed by atoms with van der Waals surface area (Å²) in [6, 6.07) is 12.0. The van der Waals surface area contributed by atoms with E-state index >= 15 is 0 Å². The van der Waals surface area contributed by atoms with Gasteiger partial charge in [-0.05, 0) is 91.0 Å². The number of aromatic nitrogens is 2. The van der Waals surface area contributed by atoms with Gasteiger partial charge in [-0.15, -0.1) is 0 Å². The Morgan fingerprint density at radius 3 is 1.31 bits per heavy atom. The van der Waals surface area contributed by atoms with Crippen molar-refractivity contribution in [1.29, 1.82) is 0 Å². The summed E-state index contributed by atoms with van der Waals surface area (Å²) in [6.45, 7) is 18.0. The SMILES string of the molecule is CCOC(=O)C(C)(C)Sc1cccc[n+]1CC.CCOC(=O)C(C)(C)Sc1cccc[n+]1CC.O=S(=O)([O-])[O-]. The van der Waals surface area contributed by atoms with Gasteiger partial charge in [0.05, 0.1) is 13.2 Å². The van der Waals surface area contributed by atoms with Crippen LogP contribution in [0, 0.1) is 0 Å². The van der Waals surface area contributed by atoms with E-state index in [0.717, 1.165) is 23.1 Å². The average Bonchev–Trinajstić information content (AvgIpc) is 2.84. The van der Waals surface area contributed by atoms with Gasteiger partial charge in [0.2, 0.25) is 10.1 Å².